The Kier molecular flexibility index (Phi) is 3.99. The first kappa shape index (κ1) is 12.6. The number of para-hydroxylation sites is 1. The summed E-state index contributed by atoms with van der Waals surface area (Å²) in [5.74, 6) is -0.0202. The van der Waals surface area contributed by atoms with Gasteiger partial charge in [-0.3, -0.25) is 4.79 Å². The number of nitrogens with two attached hydrogens (primary N) is 1. The Balaban J connectivity index is 2.21. The molecule has 2 rings (SSSR count). The van der Waals surface area contributed by atoms with Crippen molar-refractivity contribution in [1.29, 1.82) is 0 Å². The van der Waals surface area contributed by atoms with Gasteiger partial charge in [0, 0.05) is 0 Å². The molecular formula is C14H12BrNO2. The molecule has 2 aromatic carbocycles. The van der Waals surface area contributed by atoms with E-state index in [0.717, 1.165) is 10.0 Å². The second kappa shape index (κ2) is 5.69. The number of hydrogen-bond donors (Lipinski definition) is 1. The molecule has 1 amide bonds. The van der Waals surface area contributed by atoms with E-state index < -0.39 is 5.91 Å². The van der Waals surface area contributed by atoms with Crippen molar-refractivity contribution in [3.63, 3.8) is 0 Å². The van der Waals surface area contributed by atoms with Gasteiger partial charge in [-0.2, -0.15) is 0 Å². The number of carbonyl (C=O) groups excluding carboxylic acids is 1. The van der Waals surface area contributed by atoms with E-state index in [1.54, 1.807) is 12.1 Å². The largest absolute Gasteiger partial charge is 0.487 e. The molecule has 3 nitrogen and oxygen atoms in total. The predicted octanol–water partition coefficient (Wildman–Crippen LogP) is 3.13. The van der Waals surface area contributed by atoms with E-state index in [1.165, 1.54) is 0 Å². The van der Waals surface area contributed by atoms with Gasteiger partial charge in [0.15, 0.2) is 0 Å². The lowest BCUT2D eigenvalue weighted by Gasteiger charge is -2.11. The van der Waals surface area contributed by atoms with Gasteiger partial charge in [-0.1, -0.05) is 36.4 Å². The zero-order valence-corrected chi connectivity index (χ0v) is 11.2. The normalized spacial score (nSPS) is 10.1. The zero-order valence-electron chi connectivity index (χ0n) is 9.60. The third kappa shape index (κ3) is 2.90. The van der Waals surface area contributed by atoms with Crippen molar-refractivity contribution in [2.75, 3.05) is 0 Å². The van der Waals surface area contributed by atoms with Crippen molar-refractivity contribution in [2.24, 2.45) is 5.73 Å². The first-order chi connectivity index (χ1) is 8.68. The van der Waals surface area contributed by atoms with Crippen molar-refractivity contribution < 1.29 is 9.53 Å². The van der Waals surface area contributed by atoms with E-state index in [0.29, 0.717) is 17.9 Å². The first-order valence-corrected chi connectivity index (χ1v) is 6.23. The summed E-state index contributed by atoms with van der Waals surface area (Å²) in [4.78, 5) is 11.3. The second-order valence-corrected chi connectivity index (χ2v) is 4.61. The molecule has 2 aromatic rings. The zero-order chi connectivity index (χ0) is 13.0. The van der Waals surface area contributed by atoms with Crippen LogP contribution in [0.5, 0.6) is 5.75 Å². The summed E-state index contributed by atoms with van der Waals surface area (Å²) in [6, 6.07) is 14.9. The maximum atomic E-state index is 11.3. The summed E-state index contributed by atoms with van der Waals surface area (Å²) in [6.45, 7) is 0.393. The topological polar surface area (TPSA) is 52.3 Å². The number of primary amides is 1. The summed E-state index contributed by atoms with van der Waals surface area (Å²) in [7, 11) is 0. The summed E-state index contributed by atoms with van der Waals surface area (Å²) in [6.07, 6.45) is 0. The third-order valence-electron chi connectivity index (χ3n) is 2.46. The van der Waals surface area contributed by atoms with Crippen molar-refractivity contribution in [1.82, 2.24) is 0 Å². The van der Waals surface area contributed by atoms with Crippen LogP contribution in [0.25, 0.3) is 0 Å². The van der Waals surface area contributed by atoms with Crippen molar-refractivity contribution in [3.8, 4) is 5.75 Å². The summed E-state index contributed by atoms with van der Waals surface area (Å²) >= 11 is 3.36. The molecule has 92 valence electrons. The fourth-order valence-corrected chi connectivity index (χ4v) is 2.06. The minimum absolute atomic E-state index is 0.375. The SMILES string of the molecule is NC(=O)c1cccc(Br)c1OCc1ccccc1. The van der Waals surface area contributed by atoms with E-state index in [4.69, 9.17) is 10.5 Å². The van der Waals surface area contributed by atoms with Gasteiger partial charge in [0.2, 0.25) is 0 Å². The van der Waals surface area contributed by atoms with Crippen molar-refractivity contribution in [2.45, 2.75) is 6.61 Å². The smallest absolute Gasteiger partial charge is 0.252 e. The molecule has 0 heterocycles. The Morgan fingerprint density at radius 3 is 2.50 bits per heavy atom. The van der Waals surface area contributed by atoms with E-state index in [1.807, 2.05) is 36.4 Å². The minimum atomic E-state index is -0.501. The number of hydrogen-bond acceptors (Lipinski definition) is 2. The molecule has 0 fully saturated rings. The van der Waals surface area contributed by atoms with Crippen molar-refractivity contribution >= 4 is 21.8 Å². The Morgan fingerprint density at radius 1 is 1.11 bits per heavy atom. The number of rotatable bonds is 4. The summed E-state index contributed by atoms with van der Waals surface area (Å²) in [5.41, 5.74) is 6.72. The van der Waals surface area contributed by atoms with Crippen LogP contribution in [-0.4, -0.2) is 5.91 Å². The van der Waals surface area contributed by atoms with Crippen LogP contribution in [0, 0.1) is 0 Å². The molecule has 0 aromatic heterocycles. The summed E-state index contributed by atoms with van der Waals surface area (Å²) < 4.78 is 6.38. The van der Waals surface area contributed by atoms with Gasteiger partial charge in [0.1, 0.15) is 12.4 Å². The van der Waals surface area contributed by atoms with Gasteiger partial charge in [0.05, 0.1) is 10.0 Å². The summed E-state index contributed by atoms with van der Waals surface area (Å²) in [5, 5.41) is 0. The Hall–Kier alpha value is -1.81. The lowest BCUT2D eigenvalue weighted by Crippen LogP contribution is -2.13. The van der Waals surface area contributed by atoms with Crippen LogP contribution >= 0.6 is 15.9 Å². The molecule has 0 saturated carbocycles. The molecule has 0 saturated heterocycles. The highest BCUT2D eigenvalue weighted by atomic mass is 79.9. The molecule has 0 radical (unpaired) electrons. The maximum absolute atomic E-state index is 11.3. The molecule has 18 heavy (non-hydrogen) atoms. The number of halogens is 1. The van der Waals surface area contributed by atoms with Crippen LogP contribution in [-0.2, 0) is 6.61 Å². The van der Waals surface area contributed by atoms with Crippen LogP contribution in [0.4, 0.5) is 0 Å². The third-order valence-corrected chi connectivity index (χ3v) is 3.08. The molecule has 4 heteroatoms. The fraction of sp³-hybridized carbons (Fsp3) is 0.0714. The lowest BCUT2D eigenvalue weighted by atomic mass is 10.2. The highest BCUT2D eigenvalue weighted by molar-refractivity contribution is 9.10. The number of amides is 1. The quantitative estimate of drug-likeness (QED) is 0.943. The highest BCUT2D eigenvalue weighted by Crippen LogP contribution is 2.29. The highest BCUT2D eigenvalue weighted by Gasteiger charge is 2.12. The minimum Gasteiger partial charge on any atom is -0.487 e. The Bertz CT molecular complexity index is 555. The molecule has 0 aliphatic heterocycles. The van der Waals surface area contributed by atoms with Crippen LogP contribution in [0.1, 0.15) is 15.9 Å². The average molecular weight is 306 g/mol. The van der Waals surface area contributed by atoms with Gasteiger partial charge in [-0.15, -0.1) is 0 Å². The van der Waals surface area contributed by atoms with Gasteiger partial charge in [-0.25, -0.2) is 0 Å². The van der Waals surface area contributed by atoms with E-state index in [2.05, 4.69) is 15.9 Å². The Morgan fingerprint density at radius 2 is 1.83 bits per heavy atom. The molecule has 0 aliphatic rings. The standard InChI is InChI=1S/C14H12BrNO2/c15-12-8-4-7-11(14(16)17)13(12)18-9-10-5-2-1-3-6-10/h1-8H,9H2,(H2,16,17). The van der Waals surface area contributed by atoms with Gasteiger partial charge >= 0.3 is 0 Å². The lowest BCUT2D eigenvalue weighted by molar-refractivity contribution is 0.0995. The number of ether oxygens (including phenoxy) is 1. The molecular weight excluding hydrogens is 294 g/mol. The maximum Gasteiger partial charge on any atom is 0.252 e. The molecule has 0 unspecified atom stereocenters. The monoisotopic (exact) mass is 305 g/mol. The molecule has 0 spiro atoms. The second-order valence-electron chi connectivity index (χ2n) is 3.76. The van der Waals surface area contributed by atoms with Gasteiger partial charge in [-0.05, 0) is 33.6 Å². The van der Waals surface area contributed by atoms with Crippen LogP contribution in [0.2, 0.25) is 0 Å². The number of benzene rings is 2. The predicted molar refractivity (Wildman–Crippen MR) is 73.4 cm³/mol. The van der Waals surface area contributed by atoms with Crippen LogP contribution in [0.15, 0.2) is 53.0 Å². The van der Waals surface area contributed by atoms with Gasteiger partial charge in [0.25, 0.3) is 5.91 Å². The van der Waals surface area contributed by atoms with E-state index >= 15 is 0 Å². The van der Waals surface area contributed by atoms with Crippen LogP contribution in [0.3, 0.4) is 0 Å². The fourth-order valence-electron chi connectivity index (χ4n) is 1.58. The molecule has 0 bridgehead atoms. The first-order valence-electron chi connectivity index (χ1n) is 5.43. The Labute approximate surface area is 114 Å². The van der Waals surface area contributed by atoms with E-state index in [-0.39, 0.29) is 0 Å². The average Bonchev–Trinajstić information content (AvgIpc) is 2.38. The van der Waals surface area contributed by atoms with Crippen LogP contribution < -0.4 is 10.5 Å². The number of carbonyl (C=O) groups is 1. The molecule has 0 atom stereocenters. The molecule has 2 N–H and O–H groups in total. The molecule has 0 aliphatic carbocycles. The van der Waals surface area contributed by atoms with Gasteiger partial charge < -0.3 is 10.5 Å². The van der Waals surface area contributed by atoms with Crippen molar-refractivity contribution in [3.05, 3.63) is 64.1 Å². The van der Waals surface area contributed by atoms with E-state index in [9.17, 15) is 4.79 Å².